The van der Waals surface area contributed by atoms with Gasteiger partial charge in [0, 0.05) is 25.7 Å². The number of rotatable bonds is 77. The van der Waals surface area contributed by atoms with Gasteiger partial charge in [-0.1, -0.05) is 356 Å². The second-order valence-electron chi connectivity index (χ2n) is 28.0. The summed E-state index contributed by atoms with van der Waals surface area (Å²) in [6.07, 6.45) is 59.6. The average molecular weight is 1410 g/mol. The zero-order valence-corrected chi connectivity index (χ0v) is 64.3. The summed E-state index contributed by atoms with van der Waals surface area (Å²) in [4.78, 5) is 72.7. The molecule has 0 aliphatic heterocycles. The van der Waals surface area contributed by atoms with E-state index in [1.807, 2.05) is 0 Å². The third kappa shape index (κ3) is 69.2. The fraction of sp³-hybridized carbons (Fsp3) is 0.948. The highest BCUT2D eigenvalue weighted by atomic mass is 31.2. The van der Waals surface area contributed by atoms with Crippen molar-refractivity contribution < 1.29 is 80.2 Å². The van der Waals surface area contributed by atoms with Crippen molar-refractivity contribution in [3.8, 4) is 0 Å². The number of carbonyl (C=O) groups is 4. The van der Waals surface area contributed by atoms with E-state index in [1.54, 1.807) is 0 Å². The number of esters is 4. The Kier molecular flexibility index (Phi) is 68.7. The summed E-state index contributed by atoms with van der Waals surface area (Å²) in [6.45, 7) is 7.32. The van der Waals surface area contributed by atoms with E-state index in [0.717, 1.165) is 109 Å². The lowest BCUT2D eigenvalue weighted by atomic mass is 9.99. The molecule has 19 heteroatoms. The van der Waals surface area contributed by atoms with Crippen molar-refractivity contribution >= 4 is 39.5 Å². The van der Waals surface area contributed by atoms with Crippen LogP contribution in [0.3, 0.4) is 0 Å². The molecule has 0 aliphatic carbocycles. The minimum Gasteiger partial charge on any atom is -0.462 e. The normalized spacial score (nSPS) is 14.2. The van der Waals surface area contributed by atoms with E-state index < -0.39 is 97.5 Å². The summed E-state index contributed by atoms with van der Waals surface area (Å²) >= 11 is 0. The van der Waals surface area contributed by atoms with Crippen LogP contribution in [0.4, 0.5) is 0 Å². The molecule has 0 heterocycles. The van der Waals surface area contributed by atoms with Gasteiger partial charge in [0.05, 0.1) is 26.4 Å². The molecular formula is C77H150O17P2. The molecule has 0 bridgehead atoms. The van der Waals surface area contributed by atoms with E-state index in [0.29, 0.717) is 25.7 Å². The van der Waals surface area contributed by atoms with Gasteiger partial charge in [0.1, 0.15) is 19.3 Å². The van der Waals surface area contributed by atoms with Crippen LogP contribution in [0, 0.1) is 5.92 Å². The van der Waals surface area contributed by atoms with Gasteiger partial charge in [0.2, 0.25) is 0 Å². The maximum Gasteiger partial charge on any atom is 0.472 e. The molecule has 570 valence electrons. The van der Waals surface area contributed by atoms with E-state index in [9.17, 15) is 43.2 Å². The van der Waals surface area contributed by atoms with E-state index >= 15 is 0 Å². The van der Waals surface area contributed by atoms with Gasteiger partial charge in [0.15, 0.2) is 12.2 Å². The monoisotopic (exact) mass is 1410 g/mol. The maximum absolute atomic E-state index is 13.1. The predicted octanol–water partition coefficient (Wildman–Crippen LogP) is 22.9. The average Bonchev–Trinajstić information content (AvgIpc) is 1.16. The maximum atomic E-state index is 13.1. The molecule has 6 atom stereocenters. The zero-order chi connectivity index (χ0) is 70.5. The van der Waals surface area contributed by atoms with Gasteiger partial charge in [-0.2, -0.15) is 0 Å². The van der Waals surface area contributed by atoms with E-state index in [2.05, 4.69) is 34.6 Å². The van der Waals surface area contributed by atoms with Gasteiger partial charge in [-0.05, 0) is 31.6 Å². The van der Waals surface area contributed by atoms with Crippen molar-refractivity contribution in [1.82, 2.24) is 0 Å². The molecule has 0 aromatic rings. The lowest BCUT2D eigenvalue weighted by Gasteiger charge is -2.21. The van der Waals surface area contributed by atoms with Crippen LogP contribution in [0.5, 0.6) is 0 Å². The van der Waals surface area contributed by atoms with Crippen molar-refractivity contribution in [2.75, 3.05) is 39.6 Å². The van der Waals surface area contributed by atoms with Crippen LogP contribution < -0.4 is 0 Å². The number of phosphoric ester groups is 2. The molecule has 0 saturated heterocycles. The Morgan fingerprint density at radius 2 is 0.500 bits per heavy atom. The standard InChI is InChI=1S/C77H150O17P2/c1-6-10-13-16-19-21-23-25-27-28-29-34-37-41-46-51-56-61-75(80)88-67-73(94-77(82)63-58-53-48-43-39-35-31-30-32-36-40-45-49-54-59-70(5)9-4)69-92-96(85,86)90-65-71(78)64-89-95(83,84)91-68-72(66-87-74(79)60-55-50-44-18-15-12-8-3)93-76(81)62-57-52-47-42-38-33-26-24-22-20-17-14-11-7-2/h70-73,78H,6-69H2,1-5H3,(H,83,84)(H,85,86)/t70?,71-,72+,73+/m0/s1. The van der Waals surface area contributed by atoms with Crippen molar-refractivity contribution in [2.24, 2.45) is 5.92 Å². The van der Waals surface area contributed by atoms with E-state index in [-0.39, 0.29) is 25.7 Å². The molecule has 0 rings (SSSR count). The van der Waals surface area contributed by atoms with E-state index in [1.165, 1.54) is 218 Å². The summed E-state index contributed by atoms with van der Waals surface area (Å²) in [5, 5.41) is 10.6. The summed E-state index contributed by atoms with van der Waals surface area (Å²) in [7, 11) is -9.91. The highest BCUT2D eigenvalue weighted by Gasteiger charge is 2.30. The molecule has 96 heavy (non-hydrogen) atoms. The van der Waals surface area contributed by atoms with Gasteiger partial charge in [-0.3, -0.25) is 37.3 Å². The molecule has 0 spiro atoms. The van der Waals surface area contributed by atoms with Crippen LogP contribution in [-0.2, 0) is 65.4 Å². The molecule has 0 amide bonds. The summed E-state index contributed by atoms with van der Waals surface area (Å²) in [5.41, 5.74) is 0. The molecule has 0 aromatic carbocycles. The Morgan fingerprint density at radius 1 is 0.292 bits per heavy atom. The third-order valence-corrected chi connectivity index (χ3v) is 20.3. The van der Waals surface area contributed by atoms with Crippen molar-refractivity contribution in [1.29, 1.82) is 0 Å². The molecular weight excluding hydrogens is 1260 g/mol. The second kappa shape index (κ2) is 70.1. The molecule has 0 radical (unpaired) electrons. The highest BCUT2D eigenvalue weighted by molar-refractivity contribution is 7.47. The number of carbonyl (C=O) groups excluding carboxylic acids is 4. The van der Waals surface area contributed by atoms with Crippen LogP contribution in [-0.4, -0.2) is 96.7 Å². The van der Waals surface area contributed by atoms with Gasteiger partial charge < -0.3 is 33.8 Å². The molecule has 0 saturated carbocycles. The fourth-order valence-electron chi connectivity index (χ4n) is 11.8. The Hall–Kier alpha value is -1.94. The molecule has 17 nitrogen and oxygen atoms in total. The zero-order valence-electron chi connectivity index (χ0n) is 62.5. The van der Waals surface area contributed by atoms with Gasteiger partial charge in [-0.15, -0.1) is 0 Å². The van der Waals surface area contributed by atoms with Gasteiger partial charge in [-0.25, -0.2) is 9.13 Å². The Morgan fingerprint density at radius 3 is 0.740 bits per heavy atom. The number of hydrogen-bond acceptors (Lipinski definition) is 15. The molecule has 3 unspecified atom stereocenters. The molecule has 0 aromatic heterocycles. The minimum atomic E-state index is -4.96. The number of phosphoric acid groups is 2. The van der Waals surface area contributed by atoms with Crippen molar-refractivity contribution in [2.45, 2.75) is 425 Å². The van der Waals surface area contributed by atoms with Gasteiger partial charge in [0.25, 0.3) is 0 Å². The fourth-order valence-corrected chi connectivity index (χ4v) is 13.4. The number of unbranched alkanes of at least 4 members (excludes halogenated alkanes) is 48. The minimum absolute atomic E-state index is 0.108. The predicted molar refractivity (Wildman–Crippen MR) is 391 cm³/mol. The quantitative estimate of drug-likeness (QED) is 0.0222. The Balaban J connectivity index is 5.19. The first kappa shape index (κ1) is 94.1. The molecule has 0 fully saturated rings. The summed E-state index contributed by atoms with van der Waals surface area (Å²) < 4.78 is 68.5. The first-order valence-corrected chi connectivity index (χ1v) is 43.2. The molecule has 3 N–H and O–H groups in total. The van der Waals surface area contributed by atoms with Crippen molar-refractivity contribution in [3.05, 3.63) is 0 Å². The first-order valence-electron chi connectivity index (χ1n) is 40.2. The van der Waals surface area contributed by atoms with Crippen LogP contribution in [0.1, 0.15) is 407 Å². The lowest BCUT2D eigenvalue weighted by molar-refractivity contribution is -0.161. The first-order chi connectivity index (χ1) is 46.6. The second-order valence-corrected chi connectivity index (χ2v) is 30.9. The number of ether oxygens (including phenoxy) is 4. The topological polar surface area (TPSA) is 237 Å². The summed E-state index contributed by atoms with van der Waals surface area (Å²) in [5.74, 6) is -1.27. The van der Waals surface area contributed by atoms with Crippen LogP contribution in [0.25, 0.3) is 0 Å². The van der Waals surface area contributed by atoms with E-state index in [4.69, 9.17) is 37.0 Å². The van der Waals surface area contributed by atoms with Crippen LogP contribution in [0.15, 0.2) is 0 Å². The smallest absolute Gasteiger partial charge is 0.462 e. The Bertz CT molecular complexity index is 1840. The summed E-state index contributed by atoms with van der Waals surface area (Å²) in [6, 6.07) is 0. The van der Waals surface area contributed by atoms with Crippen molar-refractivity contribution in [3.63, 3.8) is 0 Å². The number of aliphatic hydroxyl groups excluding tert-OH is 1. The van der Waals surface area contributed by atoms with Gasteiger partial charge >= 0.3 is 39.5 Å². The molecule has 0 aliphatic rings. The number of aliphatic hydroxyl groups is 1. The SMILES string of the molecule is CCCCCCCCCCCCCCCCCCCC(=O)OC[C@H](COP(=O)(O)OC[C@@H](O)COP(=O)(O)OC[C@@H](COC(=O)CCCCCCCCC)OC(=O)CCCCCCCCCCCCCCCC)OC(=O)CCCCCCCCCCCCCCCCC(C)CC. The Labute approximate surface area is 588 Å². The van der Waals surface area contributed by atoms with Crippen LogP contribution >= 0.6 is 15.6 Å². The number of hydrogen-bond donors (Lipinski definition) is 3. The largest absolute Gasteiger partial charge is 0.472 e. The van der Waals surface area contributed by atoms with Crippen LogP contribution in [0.2, 0.25) is 0 Å². The lowest BCUT2D eigenvalue weighted by Crippen LogP contribution is -2.30. The third-order valence-electron chi connectivity index (χ3n) is 18.4. The highest BCUT2D eigenvalue weighted by Crippen LogP contribution is 2.45.